The lowest BCUT2D eigenvalue weighted by Crippen LogP contribution is -1.96. The standard InChI is InChI=1S/C15H9ClN4/c16-15-13(10-17)14(11-4-2-1-3-5-11)19-20(15)12-6-8-18-9-7-12/h1-9H. The molecule has 4 nitrogen and oxygen atoms in total. The van der Waals surface area contributed by atoms with Gasteiger partial charge in [-0.15, -0.1) is 0 Å². The molecule has 20 heavy (non-hydrogen) atoms. The molecule has 3 aromatic rings. The predicted molar refractivity (Wildman–Crippen MR) is 76.5 cm³/mol. The summed E-state index contributed by atoms with van der Waals surface area (Å²) in [6, 6.07) is 15.2. The van der Waals surface area contributed by atoms with Crippen molar-refractivity contribution < 1.29 is 0 Å². The van der Waals surface area contributed by atoms with Crippen molar-refractivity contribution >= 4 is 11.6 Å². The van der Waals surface area contributed by atoms with E-state index in [0.717, 1.165) is 11.3 Å². The highest BCUT2D eigenvalue weighted by Crippen LogP contribution is 2.29. The fraction of sp³-hybridized carbons (Fsp3) is 0. The van der Waals surface area contributed by atoms with Crippen LogP contribution in [0, 0.1) is 11.3 Å². The van der Waals surface area contributed by atoms with Gasteiger partial charge in [0, 0.05) is 18.0 Å². The van der Waals surface area contributed by atoms with Gasteiger partial charge >= 0.3 is 0 Å². The minimum Gasteiger partial charge on any atom is -0.265 e. The van der Waals surface area contributed by atoms with E-state index in [-0.39, 0.29) is 0 Å². The molecule has 0 unspecified atom stereocenters. The third-order valence-corrected chi connectivity index (χ3v) is 3.24. The smallest absolute Gasteiger partial charge is 0.151 e. The highest BCUT2D eigenvalue weighted by molar-refractivity contribution is 6.31. The molecule has 96 valence electrons. The van der Waals surface area contributed by atoms with E-state index in [1.807, 2.05) is 30.3 Å². The number of pyridine rings is 1. The summed E-state index contributed by atoms with van der Waals surface area (Å²) in [6.45, 7) is 0. The molecule has 0 bridgehead atoms. The Morgan fingerprint density at radius 1 is 1.05 bits per heavy atom. The molecule has 0 aliphatic carbocycles. The Hall–Kier alpha value is -2.64. The summed E-state index contributed by atoms with van der Waals surface area (Å²) in [5.41, 5.74) is 2.58. The van der Waals surface area contributed by atoms with E-state index in [0.29, 0.717) is 16.4 Å². The summed E-state index contributed by atoms with van der Waals surface area (Å²) < 4.78 is 1.55. The van der Waals surface area contributed by atoms with Gasteiger partial charge in [-0.2, -0.15) is 10.4 Å². The summed E-state index contributed by atoms with van der Waals surface area (Å²) in [7, 11) is 0. The second-order valence-electron chi connectivity index (χ2n) is 4.11. The molecule has 0 saturated heterocycles. The van der Waals surface area contributed by atoms with Crippen molar-refractivity contribution in [3.8, 4) is 23.0 Å². The van der Waals surface area contributed by atoms with E-state index >= 15 is 0 Å². The first-order chi connectivity index (χ1) is 9.81. The number of benzene rings is 1. The molecule has 0 amide bonds. The van der Waals surface area contributed by atoms with Crippen LogP contribution in [0.3, 0.4) is 0 Å². The van der Waals surface area contributed by atoms with Crippen LogP contribution < -0.4 is 0 Å². The zero-order valence-corrected chi connectivity index (χ0v) is 11.1. The topological polar surface area (TPSA) is 54.5 Å². The first kappa shape index (κ1) is 12.4. The minimum atomic E-state index is 0.303. The SMILES string of the molecule is N#Cc1c(-c2ccccc2)nn(-c2ccncc2)c1Cl. The molecule has 0 aliphatic heterocycles. The normalized spacial score (nSPS) is 10.2. The van der Waals surface area contributed by atoms with Crippen LogP contribution in [0.15, 0.2) is 54.9 Å². The summed E-state index contributed by atoms with van der Waals surface area (Å²) in [6.07, 6.45) is 3.31. The lowest BCUT2D eigenvalue weighted by Gasteiger charge is -2.01. The molecular weight excluding hydrogens is 272 g/mol. The zero-order chi connectivity index (χ0) is 13.9. The fourth-order valence-corrected chi connectivity index (χ4v) is 2.22. The van der Waals surface area contributed by atoms with Gasteiger partial charge in [0.25, 0.3) is 0 Å². The van der Waals surface area contributed by atoms with Crippen LogP contribution >= 0.6 is 11.6 Å². The van der Waals surface area contributed by atoms with Crippen LogP contribution in [0.1, 0.15) is 5.56 Å². The maximum absolute atomic E-state index is 9.32. The van der Waals surface area contributed by atoms with Gasteiger partial charge < -0.3 is 0 Å². The van der Waals surface area contributed by atoms with Crippen LogP contribution in [0.4, 0.5) is 0 Å². The quantitative estimate of drug-likeness (QED) is 0.722. The van der Waals surface area contributed by atoms with Crippen molar-refractivity contribution in [3.05, 3.63) is 65.6 Å². The predicted octanol–water partition coefficient (Wildman–Crippen LogP) is 3.46. The molecule has 3 rings (SSSR count). The lowest BCUT2D eigenvalue weighted by molar-refractivity contribution is 0.882. The number of nitriles is 1. The van der Waals surface area contributed by atoms with E-state index in [1.54, 1.807) is 29.2 Å². The summed E-state index contributed by atoms with van der Waals surface area (Å²) in [5, 5.41) is 14.1. The number of nitrogens with zero attached hydrogens (tertiary/aromatic N) is 4. The average molecular weight is 281 g/mol. The van der Waals surface area contributed by atoms with Crippen LogP contribution in [0.5, 0.6) is 0 Å². The number of rotatable bonds is 2. The molecule has 0 aliphatic rings. The average Bonchev–Trinajstić information content (AvgIpc) is 2.86. The summed E-state index contributed by atoms with van der Waals surface area (Å²) >= 11 is 6.27. The molecule has 2 heterocycles. The largest absolute Gasteiger partial charge is 0.265 e. The molecule has 0 N–H and O–H groups in total. The molecule has 0 atom stereocenters. The molecule has 5 heteroatoms. The van der Waals surface area contributed by atoms with Crippen molar-refractivity contribution in [1.29, 1.82) is 5.26 Å². The molecule has 0 spiro atoms. The van der Waals surface area contributed by atoms with E-state index in [4.69, 9.17) is 11.6 Å². The van der Waals surface area contributed by atoms with Crippen LogP contribution in [-0.4, -0.2) is 14.8 Å². The number of halogens is 1. The van der Waals surface area contributed by atoms with Crippen molar-refractivity contribution in [3.63, 3.8) is 0 Å². The highest BCUT2D eigenvalue weighted by Gasteiger charge is 2.18. The molecule has 0 saturated carbocycles. The van der Waals surface area contributed by atoms with Gasteiger partial charge in [-0.1, -0.05) is 41.9 Å². The zero-order valence-electron chi connectivity index (χ0n) is 10.4. The van der Waals surface area contributed by atoms with E-state index in [1.165, 1.54) is 0 Å². The molecule has 0 radical (unpaired) electrons. The van der Waals surface area contributed by atoms with Gasteiger partial charge in [-0.25, -0.2) is 4.68 Å². The van der Waals surface area contributed by atoms with Crippen molar-refractivity contribution in [2.24, 2.45) is 0 Å². The minimum absolute atomic E-state index is 0.303. The van der Waals surface area contributed by atoms with Crippen molar-refractivity contribution in [2.45, 2.75) is 0 Å². The molecule has 1 aromatic carbocycles. The third kappa shape index (κ3) is 2.04. The number of aromatic nitrogens is 3. The number of hydrogen-bond acceptors (Lipinski definition) is 3. The van der Waals surface area contributed by atoms with E-state index in [9.17, 15) is 5.26 Å². The van der Waals surface area contributed by atoms with Gasteiger partial charge in [0.05, 0.1) is 5.69 Å². The van der Waals surface area contributed by atoms with Gasteiger partial charge in [0.1, 0.15) is 17.3 Å². The number of hydrogen-bond donors (Lipinski definition) is 0. The summed E-state index contributed by atoms with van der Waals surface area (Å²) in [5.74, 6) is 0. The van der Waals surface area contributed by atoms with Crippen molar-refractivity contribution in [1.82, 2.24) is 14.8 Å². The Morgan fingerprint density at radius 3 is 2.40 bits per heavy atom. The maximum atomic E-state index is 9.32. The second-order valence-corrected chi connectivity index (χ2v) is 4.47. The van der Waals surface area contributed by atoms with Crippen LogP contribution in [-0.2, 0) is 0 Å². The molecule has 0 fully saturated rings. The van der Waals surface area contributed by atoms with E-state index in [2.05, 4.69) is 16.2 Å². The van der Waals surface area contributed by atoms with Gasteiger partial charge in [0.15, 0.2) is 5.15 Å². The Balaban J connectivity index is 2.22. The molecular formula is C15H9ClN4. The van der Waals surface area contributed by atoms with Crippen molar-refractivity contribution in [2.75, 3.05) is 0 Å². The van der Waals surface area contributed by atoms with Crippen LogP contribution in [0.2, 0.25) is 5.15 Å². The first-order valence-corrected chi connectivity index (χ1v) is 6.33. The fourth-order valence-electron chi connectivity index (χ4n) is 1.95. The lowest BCUT2D eigenvalue weighted by atomic mass is 10.1. The summed E-state index contributed by atoms with van der Waals surface area (Å²) in [4.78, 5) is 3.96. The first-order valence-electron chi connectivity index (χ1n) is 5.95. The Bertz CT molecular complexity index is 773. The third-order valence-electron chi connectivity index (χ3n) is 2.90. The van der Waals surface area contributed by atoms with Gasteiger partial charge in [0.2, 0.25) is 0 Å². The maximum Gasteiger partial charge on any atom is 0.151 e. The Labute approximate surface area is 120 Å². The highest BCUT2D eigenvalue weighted by atomic mass is 35.5. The van der Waals surface area contributed by atoms with Crippen LogP contribution in [0.25, 0.3) is 16.9 Å². The second kappa shape index (κ2) is 5.16. The Morgan fingerprint density at radius 2 is 1.75 bits per heavy atom. The molecule has 2 aromatic heterocycles. The monoisotopic (exact) mass is 280 g/mol. The Kier molecular flexibility index (Phi) is 3.20. The van der Waals surface area contributed by atoms with Gasteiger partial charge in [-0.3, -0.25) is 4.98 Å². The van der Waals surface area contributed by atoms with Gasteiger partial charge in [-0.05, 0) is 12.1 Å². The van der Waals surface area contributed by atoms with E-state index < -0.39 is 0 Å².